The van der Waals surface area contributed by atoms with Crippen molar-refractivity contribution in [2.45, 2.75) is 33.0 Å². The fraction of sp³-hybridized carbons (Fsp3) is 0.276. The van der Waals surface area contributed by atoms with Gasteiger partial charge in [0.15, 0.2) is 0 Å². The van der Waals surface area contributed by atoms with Gasteiger partial charge in [-0.05, 0) is 56.2 Å². The van der Waals surface area contributed by atoms with Crippen LogP contribution in [0.15, 0.2) is 66.9 Å². The van der Waals surface area contributed by atoms with E-state index in [-0.39, 0.29) is 18.0 Å². The molecule has 4 nitrogen and oxygen atoms in total. The Morgan fingerprint density at radius 3 is 2.18 bits per heavy atom. The van der Waals surface area contributed by atoms with E-state index in [0.29, 0.717) is 11.1 Å². The normalized spacial score (nSPS) is 18.3. The summed E-state index contributed by atoms with van der Waals surface area (Å²) in [6, 6.07) is 19.5. The molecule has 0 saturated carbocycles. The Bertz CT molecular complexity index is 1310. The SMILES string of the molecule is COc1c(-c2ccc(N3C[C@@H](C)O[C@@H](C)C3)cc2)cnc2c(-c3ccc(C)cc3)cc(F)cc12. The molecule has 0 unspecified atom stereocenters. The van der Waals surface area contributed by atoms with Gasteiger partial charge in [0, 0.05) is 41.5 Å². The number of rotatable bonds is 4. The third kappa shape index (κ3) is 4.24. The first kappa shape index (κ1) is 22.4. The highest BCUT2D eigenvalue weighted by Crippen LogP contribution is 2.40. The maximum absolute atomic E-state index is 14.7. The zero-order chi connectivity index (χ0) is 23.8. The summed E-state index contributed by atoms with van der Waals surface area (Å²) in [5.74, 6) is 0.311. The van der Waals surface area contributed by atoms with E-state index in [4.69, 9.17) is 14.5 Å². The average Bonchev–Trinajstić information content (AvgIpc) is 2.83. The van der Waals surface area contributed by atoms with Gasteiger partial charge in [-0.15, -0.1) is 0 Å². The molecule has 1 aromatic heterocycles. The van der Waals surface area contributed by atoms with E-state index in [1.54, 1.807) is 7.11 Å². The Morgan fingerprint density at radius 2 is 1.53 bits per heavy atom. The predicted molar refractivity (Wildman–Crippen MR) is 136 cm³/mol. The smallest absolute Gasteiger partial charge is 0.137 e. The van der Waals surface area contributed by atoms with Crippen LogP contribution in [0.25, 0.3) is 33.2 Å². The van der Waals surface area contributed by atoms with Gasteiger partial charge in [-0.1, -0.05) is 42.0 Å². The molecule has 1 aliphatic heterocycles. The van der Waals surface area contributed by atoms with Gasteiger partial charge in [0.2, 0.25) is 0 Å². The lowest BCUT2D eigenvalue weighted by Crippen LogP contribution is -2.45. The Kier molecular flexibility index (Phi) is 5.96. The zero-order valence-corrected chi connectivity index (χ0v) is 20.0. The summed E-state index contributed by atoms with van der Waals surface area (Å²) in [6.07, 6.45) is 2.22. The molecule has 5 rings (SSSR count). The third-order valence-corrected chi connectivity index (χ3v) is 6.42. The lowest BCUT2D eigenvalue weighted by molar-refractivity contribution is -0.00521. The molecular formula is C29H29FN2O2. The van der Waals surface area contributed by atoms with Gasteiger partial charge in [0.25, 0.3) is 0 Å². The predicted octanol–water partition coefficient (Wildman–Crippen LogP) is 6.64. The van der Waals surface area contributed by atoms with E-state index in [0.717, 1.165) is 52.1 Å². The van der Waals surface area contributed by atoms with Crippen LogP contribution in [0.5, 0.6) is 5.75 Å². The lowest BCUT2D eigenvalue weighted by atomic mass is 9.97. The molecule has 4 aromatic rings. The third-order valence-electron chi connectivity index (χ3n) is 6.42. The zero-order valence-electron chi connectivity index (χ0n) is 20.0. The summed E-state index contributed by atoms with van der Waals surface area (Å²) in [5, 5.41) is 0.662. The molecule has 0 spiro atoms. The Morgan fingerprint density at radius 1 is 0.912 bits per heavy atom. The van der Waals surface area contributed by atoms with Gasteiger partial charge >= 0.3 is 0 Å². The Balaban J connectivity index is 1.56. The minimum absolute atomic E-state index is 0.200. The minimum Gasteiger partial charge on any atom is -0.495 e. The number of aromatic nitrogens is 1. The average molecular weight is 457 g/mol. The van der Waals surface area contributed by atoms with E-state index < -0.39 is 0 Å². The van der Waals surface area contributed by atoms with E-state index in [9.17, 15) is 4.39 Å². The monoisotopic (exact) mass is 456 g/mol. The topological polar surface area (TPSA) is 34.6 Å². The fourth-order valence-corrected chi connectivity index (χ4v) is 4.86. The molecule has 3 aromatic carbocycles. The van der Waals surface area contributed by atoms with Gasteiger partial charge in [-0.2, -0.15) is 0 Å². The van der Waals surface area contributed by atoms with Gasteiger partial charge in [-0.25, -0.2) is 4.39 Å². The number of pyridine rings is 1. The van der Waals surface area contributed by atoms with Crippen molar-refractivity contribution in [1.29, 1.82) is 0 Å². The summed E-state index contributed by atoms with van der Waals surface area (Å²) in [6.45, 7) is 7.98. The Hall–Kier alpha value is -3.44. The number of fused-ring (bicyclic) bond motifs is 1. The van der Waals surface area contributed by atoms with E-state index in [1.165, 1.54) is 12.1 Å². The molecular weight excluding hydrogens is 427 g/mol. The van der Waals surface area contributed by atoms with Gasteiger partial charge < -0.3 is 14.4 Å². The highest BCUT2D eigenvalue weighted by Gasteiger charge is 2.23. The number of halogens is 1. The Labute approximate surface area is 200 Å². The highest BCUT2D eigenvalue weighted by molar-refractivity contribution is 6.00. The number of hydrogen-bond donors (Lipinski definition) is 0. The second-order valence-electron chi connectivity index (χ2n) is 9.13. The molecule has 1 saturated heterocycles. The first-order valence-corrected chi connectivity index (χ1v) is 11.7. The number of methoxy groups -OCH3 is 1. The largest absolute Gasteiger partial charge is 0.495 e. The van der Waals surface area contributed by atoms with Crippen molar-refractivity contribution in [3.05, 3.63) is 78.2 Å². The second kappa shape index (κ2) is 9.07. The number of ether oxygens (including phenoxy) is 2. The first-order chi connectivity index (χ1) is 16.4. The van der Waals surface area contributed by atoms with Gasteiger partial charge in [0.05, 0.1) is 24.8 Å². The molecule has 1 aliphatic rings. The maximum atomic E-state index is 14.7. The molecule has 1 fully saturated rings. The number of aryl methyl sites for hydroxylation is 1. The molecule has 0 N–H and O–H groups in total. The van der Waals surface area contributed by atoms with Crippen LogP contribution in [0.3, 0.4) is 0 Å². The van der Waals surface area contributed by atoms with Gasteiger partial charge in [0.1, 0.15) is 11.6 Å². The van der Waals surface area contributed by atoms with Crippen molar-refractivity contribution in [3.8, 4) is 28.0 Å². The minimum atomic E-state index is -0.314. The van der Waals surface area contributed by atoms with Crippen molar-refractivity contribution < 1.29 is 13.9 Å². The van der Waals surface area contributed by atoms with Crippen LogP contribution in [-0.4, -0.2) is 37.4 Å². The molecule has 0 bridgehead atoms. The van der Waals surface area contributed by atoms with Crippen LogP contribution in [0.1, 0.15) is 19.4 Å². The number of nitrogens with zero attached hydrogens (tertiary/aromatic N) is 2. The van der Waals surface area contributed by atoms with Crippen molar-refractivity contribution in [1.82, 2.24) is 4.98 Å². The molecule has 2 atom stereocenters. The second-order valence-corrected chi connectivity index (χ2v) is 9.13. The molecule has 0 radical (unpaired) electrons. The van der Waals surface area contributed by atoms with Crippen molar-refractivity contribution in [3.63, 3.8) is 0 Å². The van der Waals surface area contributed by atoms with Crippen LogP contribution >= 0.6 is 0 Å². The summed E-state index contributed by atoms with van der Waals surface area (Å²) >= 11 is 0. The number of anilines is 1. The van der Waals surface area contributed by atoms with E-state index >= 15 is 0 Å². The van der Waals surface area contributed by atoms with Crippen LogP contribution in [0.2, 0.25) is 0 Å². The van der Waals surface area contributed by atoms with Crippen molar-refractivity contribution in [2.75, 3.05) is 25.1 Å². The van der Waals surface area contributed by atoms with Crippen LogP contribution in [-0.2, 0) is 4.74 Å². The van der Waals surface area contributed by atoms with Gasteiger partial charge in [-0.3, -0.25) is 4.98 Å². The summed E-state index contributed by atoms with van der Waals surface area (Å²) in [4.78, 5) is 7.11. The van der Waals surface area contributed by atoms with Crippen LogP contribution in [0, 0.1) is 12.7 Å². The van der Waals surface area contributed by atoms with Crippen LogP contribution < -0.4 is 9.64 Å². The number of benzene rings is 3. The number of hydrogen-bond acceptors (Lipinski definition) is 4. The molecule has 34 heavy (non-hydrogen) atoms. The highest BCUT2D eigenvalue weighted by atomic mass is 19.1. The molecule has 5 heteroatoms. The first-order valence-electron chi connectivity index (χ1n) is 11.7. The standard InChI is InChI=1S/C29H29FN2O2/c1-18-5-7-21(8-6-18)25-13-23(30)14-26-28(25)31-15-27(29(26)33-4)22-9-11-24(12-10-22)32-16-19(2)34-20(3)17-32/h5-15,19-20H,16-17H2,1-4H3/t19-,20+. The molecule has 174 valence electrons. The number of morpholine rings is 1. The molecule has 0 amide bonds. The summed E-state index contributed by atoms with van der Waals surface area (Å²) in [7, 11) is 1.62. The molecule has 2 heterocycles. The van der Waals surface area contributed by atoms with E-state index in [2.05, 4.69) is 43.0 Å². The summed E-state index contributed by atoms with van der Waals surface area (Å²) < 4.78 is 26.4. The van der Waals surface area contributed by atoms with Crippen molar-refractivity contribution in [2.24, 2.45) is 0 Å². The van der Waals surface area contributed by atoms with Crippen LogP contribution in [0.4, 0.5) is 10.1 Å². The lowest BCUT2D eigenvalue weighted by Gasteiger charge is -2.36. The molecule has 0 aliphatic carbocycles. The maximum Gasteiger partial charge on any atom is 0.137 e. The fourth-order valence-electron chi connectivity index (χ4n) is 4.86. The quantitative estimate of drug-likeness (QED) is 0.345. The van der Waals surface area contributed by atoms with Crippen molar-refractivity contribution >= 4 is 16.6 Å². The van der Waals surface area contributed by atoms with E-state index in [1.807, 2.05) is 37.4 Å². The summed E-state index contributed by atoms with van der Waals surface area (Å²) in [5.41, 5.74) is 6.53.